The molecule has 6 nitrogen and oxygen atoms in total. The summed E-state index contributed by atoms with van der Waals surface area (Å²) in [4.78, 5) is 12.6. The number of anilines is 1. The largest absolute Gasteiger partial charge is 0.326 e. The second kappa shape index (κ2) is 9.41. The molecule has 0 aromatic heterocycles. The third kappa shape index (κ3) is 5.47. The van der Waals surface area contributed by atoms with Crippen molar-refractivity contribution in [2.45, 2.75) is 50.8 Å². The summed E-state index contributed by atoms with van der Waals surface area (Å²) >= 11 is 0. The minimum atomic E-state index is -3.28. The topological polar surface area (TPSA) is 99.1 Å². The fourth-order valence-electron chi connectivity index (χ4n) is 3.57. The Morgan fingerprint density at radius 3 is 2.00 bits per heavy atom. The summed E-state index contributed by atoms with van der Waals surface area (Å²) in [5.41, 5.74) is 3.37. The van der Waals surface area contributed by atoms with Gasteiger partial charge in [0.05, 0.1) is 16.9 Å². The van der Waals surface area contributed by atoms with Crippen LogP contribution in [-0.2, 0) is 14.8 Å². The summed E-state index contributed by atoms with van der Waals surface area (Å²) in [6.07, 6.45) is 2.67. The monoisotopic (exact) mass is 425 g/mol. The van der Waals surface area contributed by atoms with E-state index >= 15 is 0 Å². The van der Waals surface area contributed by atoms with E-state index in [-0.39, 0.29) is 17.9 Å². The van der Waals surface area contributed by atoms with E-state index in [4.69, 9.17) is 5.26 Å². The number of nitrogens with zero attached hydrogens (tertiary/aromatic N) is 1. The Balaban J connectivity index is 1.53. The number of hydrogen-bond acceptors (Lipinski definition) is 4. The molecule has 0 spiro atoms. The van der Waals surface area contributed by atoms with Crippen LogP contribution in [0, 0.1) is 17.2 Å². The second-order valence-corrected chi connectivity index (χ2v) is 10.3. The number of benzene rings is 2. The van der Waals surface area contributed by atoms with E-state index in [1.165, 1.54) is 0 Å². The van der Waals surface area contributed by atoms with Crippen LogP contribution >= 0.6 is 0 Å². The SMILES string of the molecule is CC(C)S(=O)(=O)NC1CCC(C(=O)Nc2ccc(-c3ccc(C#N)cc3)cc2)CC1. The summed E-state index contributed by atoms with van der Waals surface area (Å²) in [7, 11) is -3.28. The zero-order valence-corrected chi connectivity index (χ0v) is 18.1. The molecule has 1 aliphatic rings. The minimum Gasteiger partial charge on any atom is -0.326 e. The Hall–Kier alpha value is -2.69. The summed E-state index contributed by atoms with van der Waals surface area (Å²) in [6, 6.07) is 17.0. The van der Waals surface area contributed by atoms with Crippen LogP contribution in [-0.4, -0.2) is 25.6 Å². The van der Waals surface area contributed by atoms with Crippen molar-refractivity contribution in [3.63, 3.8) is 0 Å². The number of sulfonamides is 1. The smallest absolute Gasteiger partial charge is 0.227 e. The second-order valence-electron chi connectivity index (χ2n) is 8.02. The first-order valence-electron chi connectivity index (χ1n) is 10.2. The molecule has 158 valence electrons. The van der Waals surface area contributed by atoms with Crippen LogP contribution in [0.1, 0.15) is 45.1 Å². The van der Waals surface area contributed by atoms with Gasteiger partial charge in [0.15, 0.2) is 0 Å². The van der Waals surface area contributed by atoms with Gasteiger partial charge >= 0.3 is 0 Å². The Morgan fingerprint density at radius 1 is 0.967 bits per heavy atom. The summed E-state index contributed by atoms with van der Waals surface area (Å²) in [5.74, 6) is -0.130. The van der Waals surface area contributed by atoms with E-state index in [2.05, 4.69) is 16.1 Å². The normalized spacial score (nSPS) is 19.3. The highest BCUT2D eigenvalue weighted by atomic mass is 32.2. The standard InChI is InChI=1S/C23H27N3O3S/c1-16(2)30(28,29)26-22-13-9-20(10-14-22)23(27)25-21-11-7-19(8-12-21)18-5-3-17(15-24)4-6-18/h3-8,11-12,16,20,22,26H,9-10,13-14H2,1-2H3,(H,25,27). The third-order valence-corrected chi connectivity index (χ3v) is 7.45. The van der Waals surface area contributed by atoms with Gasteiger partial charge in [-0.3, -0.25) is 4.79 Å². The lowest BCUT2D eigenvalue weighted by atomic mass is 9.86. The number of carbonyl (C=O) groups excluding carboxylic acids is 1. The van der Waals surface area contributed by atoms with Gasteiger partial charge in [0.2, 0.25) is 15.9 Å². The maximum Gasteiger partial charge on any atom is 0.227 e. The van der Waals surface area contributed by atoms with Crippen molar-refractivity contribution < 1.29 is 13.2 Å². The van der Waals surface area contributed by atoms with Gasteiger partial charge in [-0.25, -0.2) is 13.1 Å². The molecule has 1 saturated carbocycles. The van der Waals surface area contributed by atoms with Gasteiger partial charge in [0, 0.05) is 17.6 Å². The van der Waals surface area contributed by atoms with Crippen LogP contribution in [0.3, 0.4) is 0 Å². The van der Waals surface area contributed by atoms with Gasteiger partial charge in [-0.15, -0.1) is 0 Å². The van der Waals surface area contributed by atoms with Crippen molar-refractivity contribution in [3.8, 4) is 17.2 Å². The molecule has 0 atom stereocenters. The molecule has 0 aliphatic heterocycles. The van der Waals surface area contributed by atoms with Gasteiger partial charge < -0.3 is 5.32 Å². The van der Waals surface area contributed by atoms with Crippen molar-refractivity contribution in [2.24, 2.45) is 5.92 Å². The van der Waals surface area contributed by atoms with Crippen LogP contribution in [0.5, 0.6) is 0 Å². The number of nitriles is 1. The Bertz CT molecular complexity index is 1010. The van der Waals surface area contributed by atoms with E-state index in [1.807, 2.05) is 36.4 Å². The first-order chi connectivity index (χ1) is 14.3. The molecule has 1 aliphatic carbocycles. The number of nitrogens with one attached hydrogen (secondary N) is 2. The molecular weight excluding hydrogens is 398 g/mol. The lowest BCUT2D eigenvalue weighted by Crippen LogP contribution is -2.42. The van der Waals surface area contributed by atoms with E-state index < -0.39 is 15.3 Å². The average Bonchev–Trinajstić information content (AvgIpc) is 2.74. The summed E-state index contributed by atoms with van der Waals surface area (Å²) < 4.78 is 26.8. The molecule has 3 rings (SSSR count). The molecule has 0 unspecified atom stereocenters. The number of amides is 1. The van der Waals surface area contributed by atoms with Crippen molar-refractivity contribution in [3.05, 3.63) is 54.1 Å². The fraction of sp³-hybridized carbons (Fsp3) is 0.391. The van der Waals surface area contributed by atoms with E-state index in [9.17, 15) is 13.2 Å². The van der Waals surface area contributed by atoms with Crippen LogP contribution in [0.2, 0.25) is 0 Å². The molecule has 7 heteroatoms. The Morgan fingerprint density at radius 2 is 1.50 bits per heavy atom. The first-order valence-corrected chi connectivity index (χ1v) is 11.8. The quantitative estimate of drug-likeness (QED) is 0.729. The van der Waals surface area contributed by atoms with E-state index in [0.717, 1.165) is 16.8 Å². The zero-order chi connectivity index (χ0) is 21.7. The van der Waals surface area contributed by atoms with Crippen molar-refractivity contribution in [1.82, 2.24) is 4.72 Å². The maximum absolute atomic E-state index is 12.6. The average molecular weight is 426 g/mol. The van der Waals surface area contributed by atoms with Gasteiger partial charge in [0.1, 0.15) is 0 Å². The highest BCUT2D eigenvalue weighted by molar-refractivity contribution is 7.90. The molecular formula is C23H27N3O3S. The van der Waals surface area contributed by atoms with Gasteiger partial charge in [-0.2, -0.15) is 5.26 Å². The Kier molecular flexibility index (Phi) is 6.91. The third-order valence-electron chi connectivity index (χ3n) is 5.55. The van der Waals surface area contributed by atoms with E-state index in [0.29, 0.717) is 31.2 Å². The molecule has 2 N–H and O–H groups in total. The predicted octanol–water partition coefficient (Wildman–Crippen LogP) is 4.05. The van der Waals surface area contributed by atoms with Crippen LogP contribution in [0.4, 0.5) is 5.69 Å². The Labute approximate surface area is 178 Å². The van der Waals surface area contributed by atoms with E-state index in [1.54, 1.807) is 26.0 Å². The molecule has 1 amide bonds. The van der Waals surface area contributed by atoms with Gasteiger partial charge in [0.25, 0.3) is 0 Å². The molecule has 0 radical (unpaired) electrons. The number of rotatable bonds is 6. The van der Waals surface area contributed by atoms with Crippen LogP contribution < -0.4 is 10.0 Å². The number of hydrogen-bond donors (Lipinski definition) is 2. The fourth-order valence-corrected chi connectivity index (χ4v) is 4.54. The highest BCUT2D eigenvalue weighted by Gasteiger charge is 2.29. The van der Waals surface area contributed by atoms with Gasteiger partial charge in [-0.05, 0) is 74.9 Å². The van der Waals surface area contributed by atoms with Crippen LogP contribution in [0.25, 0.3) is 11.1 Å². The molecule has 0 saturated heterocycles. The highest BCUT2D eigenvalue weighted by Crippen LogP contribution is 2.27. The van der Waals surface area contributed by atoms with Crippen molar-refractivity contribution >= 4 is 21.6 Å². The molecule has 2 aromatic rings. The predicted molar refractivity (Wildman–Crippen MR) is 118 cm³/mol. The first kappa shape index (κ1) is 22.0. The van der Waals surface area contributed by atoms with Crippen LogP contribution in [0.15, 0.2) is 48.5 Å². The van der Waals surface area contributed by atoms with Crippen molar-refractivity contribution in [1.29, 1.82) is 5.26 Å². The molecule has 0 heterocycles. The number of carbonyl (C=O) groups is 1. The molecule has 30 heavy (non-hydrogen) atoms. The van der Waals surface area contributed by atoms with Crippen molar-refractivity contribution in [2.75, 3.05) is 5.32 Å². The molecule has 1 fully saturated rings. The summed E-state index contributed by atoms with van der Waals surface area (Å²) in [5, 5.41) is 11.4. The maximum atomic E-state index is 12.6. The minimum absolute atomic E-state index is 0.0220. The lowest BCUT2D eigenvalue weighted by Gasteiger charge is -2.28. The zero-order valence-electron chi connectivity index (χ0n) is 17.3. The molecule has 2 aromatic carbocycles. The lowest BCUT2D eigenvalue weighted by molar-refractivity contribution is -0.120. The molecule has 0 bridgehead atoms. The summed E-state index contributed by atoms with van der Waals surface area (Å²) in [6.45, 7) is 3.32. The van der Waals surface area contributed by atoms with Gasteiger partial charge in [-0.1, -0.05) is 24.3 Å².